The largest absolute Gasteiger partial charge is 0.368 e. The van der Waals surface area contributed by atoms with E-state index in [1.54, 1.807) is 23.0 Å². The Hall–Kier alpha value is -2.50. The first-order valence-electron chi connectivity index (χ1n) is 7.43. The molecule has 0 atom stereocenters. The zero-order valence-electron chi connectivity index (χ0n) is 13.5. The molecule has 0 aromatic carbocycles. The van der Waals surface area contributed by atoms with Gasteiger partial charge < -0.3 is 11.5 Å². The summed E-state index contributed by atoms with van der Waals surface area (Å²) in [4.78, 5) is 31.1. The Balaban J connectivity index is 1.71. The number of rotatable bonds is 4. The SMILES string of the molecule is Cn1c(SCc2nc(N)nc(N)n2)nc2scc(-c3cccs3)c2c1=O. The second kappa shape index (κ2) is 6.67. The molecule has 4 aromatic heterocycles. The molecule has 26 heavy (non-hydrogen) atoms. The molecule has 0 aliphatic carbocycles. The molecule has 0 amide bonds. The van der Waals surface area contributed by atoms with Gasteiger partial charge in [0.1, 0.15) is 10.7 Å². The van der Waals surface area contributed by atoms with Crippen molar-refractivity contribution in [1.82, 2.24) is 24.5 Å². The lowest BCUT2D eigenvalue weighted by atomic mass is 10.2. The number of nitrogen functional groups attached to an aromatic ring is 2. The van der Waals surface area contributed by atoms with Crippen LogP contribution >= 0.6 is 34.4 Å². The normalized spacial score (nSPS) is 11.3. The summed E-state index contributed by atoms with van der Waals surface area (Å²) < 4.78 is 1.55. The number of thioether (sulfide) groups is 1. The third kappa shape index (κ3) is 3.04. The minimum Gasteiger partial charge on any atom is -0.368 e. The highest BCUT2D eigenvalue weighted by atomic mass is 32.2. The van der Waals surface area contributed by atoms with Crippen LogP contribution in [-0.4, -0.2) is 24.5 Å². The Bertz CT molecular complexity index is 1130. The first-order valence-corrected chi connectivity index (χ1v) is 10.2. The zero-order valence-corrected chi connectivity index (χ0v) is 16.0. The number of hydrogen-bond acceptors (Lipinski definition) is 10. The number of nitrogens with zero attached hydrogens (tertiary/aromatic N) is 5. The number of nitrogens with two attached hydrogens (primary N) is 2. The van der Waals surface area contributed by atoms with Crippen molar-refractivity contribution >= 4 is 56.5 Å². The standard InChI is InChI=1S/C15H13N7OS3/c1-22-12(23)10-7(8-3-2-4-24-8)5-25-11(10)20-15(22)26-6-9-18-13(16)21-14(17)19-9/h2-5H,6H2,1H3,(H4,16,17,18,19,21). The quantitative estimate of drug-likeness (QED) is 0.393. The Labute approximate surface area is 160 Å². The molecule has 132 valence electrons. The first kappa shape index (κ1) is 16.9. The highest BCUT2D eigenvalue weighted by molar-refractivity contribution is 7.98. The van der Waals surface area contributed by atoms with Gasteiger partial charge in [-0.3, -0.25) is 9.36 Å². The number of hydrogen-bond donors (Lipinski definition) is 2. The summed E-state index contributed by atoms with van der Waals surface area (Å²) in [7, 11) is 1.71. The van der Waals surface area contributed by atoms with E-state index in [4.69, 9.17) is 11.5 Å². The third-order valence-electron chi connectivity index (χ3n) is 3.61. The maximum absolute atomic E-state index is 12.9. The van der Waals surface area contributed by atoms with E-state index < -0.39 is 0 Å². The van der Waals surface area contributed by atoms with E-state index in [0.717, 1.165) is 10.4 Å². The summed E-state index contributed by atoms with van der Waals surface area (Å²) in [5.41, 5.74) is 12.0. The molecular weight excluding hydrogens is 390 g/mol. The van der Waals surface area contributed by atoms with E-state index >= 15 is 0 Å². The Morgan fingerprint density at radius 2 is 1.92 bits per heavy atom. The van der Waals surface area contributed by atoms with Crippen LogP contribution in [0.5, 0.6) is 0 Å². The summed E-state index contributed by atoms with van der Waals surface area (Å²) in [6.07, 6.45) is 0. The molecule has 0 bridgehead atoms. The summed E-state index contributed by atoms with van der Waals surface area (Å²) in [5.74, 6) is 0.972. The van der Waals surface area contributed by atoms with E-state index in [-0.39, 0.29) is 17.5 Å². The highest BCUT2D eigenvalue weighted by Gasteiger charge is 2.16. The Morgan fingerprint density at radius 1 is 1.15 bits per heavy atom. The van der Waals surface area contributed by atoms with Crippen LogP contribution < -0.4 is 17.0 Å². The van der Waals surface area contributed by atoms with Crippen LogP contribution in [0.1, 0.15) is 5.82 Å². The number of anilines is 2. The maximum Gasteiger partial charge on any atom is 0.263 e. The summed E-state index contributed by atoms with van der Waals surface area (Å²) >= 11 is 4.42. The van der Waals surface area contributed by atoms with Crippen LogP contribution in [0.2, 0.25) is 0 Å². The van der Waals surface area contributed by atoms with Crippen LogP contribution in [0.25, 0.3) is 20.7 Å². The third-order valence-corrected chi connectivity index (χ3v) is 6.41. The fourth-order valence-corrected chi connectivity index (χ4v) is 5.08. The van der Waals surface area contributed by atoms with Gasteiger partial charge in [0.15, 0.2) is 5.16 Å². The van der Waals surface area contributed by atoms with Gasteiger partial charge in [0.25, 0.3) is 5.56 Å². The van der Waals surface area contributed by atoms with Crippen LogP contribution in [-0.2, 0) is 12.8 Å². The van der Waals surface area contributed by atoms with Crippen molar-refractivity contribution in [3.8, 4) is 10.4 Å². The molecule has 0 spiro atoms. The van der Waals surface area contributed by atoms with E-state index in [2.05, 4.69) is 19.9 Å². The fraction of sp³-hybridized carbons (Fsp3) is 0.133. The van der Waals surface area contributed by atoms with E-state index in [1.165, 1.54) is 23.1 Å². The first-order chi connectivity index (χ1) is 12.5. The molecule has 4 rings (SSSR count). The number of thiophene rings is 2. The molecule has 0 saturated heterocycles. The van der Waals surface area contributed by atoms with Crippen molar-refractivity contribution in [1.29, 1.82) is 0 Å². The lowest BCUT2D eigenvalue weighted by molar-refractivity contribution is 0.727. The average molecular weight is 404 g/mol. The molecular formula is C15H13N7OS3. The monoisotopic (exact) mass is 403 g/mol. The lowest BCUT2D eigenvalue weighted by Crippen LogP contribution is -2.19. The highest BCUT2D eigenvalue weighted by Crippen LogP contribution is 2.34. The molecule has 0 saturated carbocycles. The molecule has 0 aliphatic rings. The van der Waals surface area contributed by atoms with Crippen molar-refractivity contribution < 1.29 is 0 Å². The second-order valence-electron chi connectivity index (χ2n) is 5.32. The smallest absolute Gasteiger partial charge is 0.263 e. The second-order valence-corrected chi connectivity index (χ2v) is 8.07. The van der Waals surface area contributed by atoms with Gasteiger partial charge in [-0.1, -0.05) is 17.8 Å². The van der Waals surface area contributed by atoms with Crippen molar-refractivity contribution in [2.24, 2.45) is 7.05 Å². The summed E-state index contributed by atoms with van der Waals surface area (Å²) in [6.45, 7) is 0. The van der Waals surface area contributed by atoms with Crippen molar-refractivity contribution in [3.05, 3.63) is 39.1 Å². The molecule has 4 aromatic rings. The Morgan fingerprint density at radius 3 is 2.62 bits per heavy atom. The molecule has 0 unspecified atom stereocenters. The van der Waals surface area contributed by atoms with E-state index in [9.17, 15) is 4.79 Å². The van der Waals surface area contributed by atoms with Gasteiger partial charge in [0.05, 0.1) is 11.1 Å². The predicted molar refractivity (Wildman–Crippen MR) is 106 cm³/mol. The van der Waals surface area contributed by atoms with Gasteiger partial charge in [-0.25, -0.2) is 4.98 Å². The van der Waals surface area contributed by atoms with Crippen molar-refractivity contribution in [2.75, 3.05) is 11.5 Å². The molecule has 0 fully saturated rings. The van der Waals surface area contributed by atoms with Gasteiger partial charge >= 0.3 is 0 Å². The molecule has 0 aliphatic heterocycles. The van der Waals surface area contributed by atoms with Gasteiger partial charge in [-0.15, -0.1) is 22.7 Å². The van der Waals surface area contributed by atoms with Crippen LogP contribution in [0.4, 0.5) is 11.9 Å². The number of fused-ring (bicyclic) bond motifs is 1. The molecule has 0 radical (unpaired) electrons. The molecule has 8 nitrogen and oxygen atoms in total. The van der Waals surface area contributed by atoms with Gasteiger partial charge in [0, 0.05) is 22.9 Å². The molecule has 4 N–H and O–H groups in total. The van der Waals surface area contributed by atoms with Crippen molar-refractivity contribution in [2.45, 2.75) is 10.9 Å². The Kier molecular flexibility index (Phi) is 4.34. The summed E-state index contributed by atoms with van der Waals surface area (Å²) in [6, 6.07) is 3.97. The molecule has 11 heteroatoms. The minimum atomic E-state index is -0.0724. The predicted octanol–water partition coefficient (Wildman–Crippen LogP) is 2.37. The van der Waals surface area contributed by atoms with Gasteiger partial charge in [-0.2, -0.15) is 15.0 Å². The minimum absolute atomic E-state index is 0.0724. The lowest BCUT2D eigenvalue weighted by Gasteiger charge is -2.07. The van der Waals surface area contributed by atoms with E-state index in [0.29, 0.717) is 27.0 Å². The van der Waals surface area contributed by atoms with Crippen molar-refractivity contribution in [3.63, 3.8) is 0 Å². The summed E-state index contributed by atoms with van der Waals surface area (Å²) in [5, 5.41) is 5.21. The van der Waals surface area contributed by atoms with Crippen LogP contribution in [0.3, 0.4) is 0 Å². The van der Waals surface area contributed by atoms with Crippen LogP contribution in [0.15, 0.2) is 32.8 Å². The number of aromatic nitrogens is 5. The van der Waals surface area contributed by atoms with E-state index in [1.807, 2.05) is 22.9 Å². The van der Waals surface area contributed by atoms with Crippen LogP contribution in [0, 0.1) is 0 Å². The average Bonchev–Trinajstić information content (AvgIpc) is 3.25. The fourth-order valence-electron chi connectivity index (χ4n) is 2.45. The van der Waals surface area contributed by atoms with Gasteiger partial charge in [-0.05, 0) is 11.4 Å². The topological polar surface area (TPSA) is 126 Å². The zero-order chi connectivity index (χ0) is 18.3. The maximum atomic E-state index is 12.9. The molecule has 4 heterocycles. The van der Waals surface area contributed by atoms with Gasteiger partial charge in [0.2, 0.25) is 11.9 Å².